The highest BCUT2D eigenvalue weighted by Gasteiger charge is 2.11. The lowest BCUT2D eigenvalue weighted by molar-refractivity contribution is 0.0737. The molecule has 0 radical (unpaired) electrons. The molecule has 0 aromatic heterocycles. The number of carbonyl (C=O) groups excluding carboxylic acids is 1. The Morgan fingerprint density at radius 1 is 0.905 bits per heavy atom. The Morgan fingerprint density at radius 3 is 2.38 bits per heavy atom. The fourth-order valence-corrected chi connectivity index (χ4v) is 2.24. The van der Waals surface area contributed by atoms with E-state index in [4.69, 9.17) is 4.74 Å². The van der Waals surface area contributed by atoms with E-state index >= 15 is 0 Å². The first kappa shape index (κ1) is 13.1. The quantitative estimate of drug-likeness (QED) is 0.511. The Kier molecular flexibility index (Phi) is 3.52. The number of esters is 1. The third kappa shape index (κ3) is 2.70. The molecule has 21 heavy (non-hydrogen) atoms. The van der Waals surface area contributed by atoms with E-state index in [1.54, 1.807) is 24.3 Å². The Labute approximate surface area is 123 Å². The molecule has 0 heterocycles. The molecule has 0 atom stereocenters. The number of fused-ring (bicyclic) bond motifs is 1. The normalized spacial score (nSPS) is 10.3. The Hall–Kier alpha value is -2.87. The summed E-state index contributed by atoms with van der Waals surface area (Å²) in [4.78, 5) is 12.3. The highest BCUT2D eigenvalue weighted by molar-refractivity contribution is 6.05. The smallest absolute Gasteiger partial charge is 0.344 e. The summed E-state index contributed by atoms with van der Waals surface area (Å²) in [6, 6.07) is 20.6. The first-order valence-corrected chi connectivity index (χ1v) is 6.70. The van der Waals surface area contributed by atoms with Crippen molar-refractivity contribution in [3.05, 3.63) is 84.4 Å². The van der Waals surface area contributed by atoms with Crippen molar-refractivity contribution in [2.75, 3.05) is 0 Å². The minimum absolute atomic E-state index is 0.349. The largest absolute Gasteiger partial charge is 0.423 e. The van der Waals surface area contributed by atoms with Crippen LogP contribution in [0.3, 0.4) is 0 Å². The van der Waals surface area contributed by atoms with Crippen LogP contribution >= 0.6 is 0 Å². The van der Waals surface area contributed by atoms with Crippen LogP contribution in [0.2, 0.25) is 0 Å². The number of hydrogen-bond acceptors (Lipinski definition) is 2. The van der Waals surface area contributed by atoms with Crippen LogP contribution < -0.4 is 4.74 Å². The molecule has 3 rings (SSSR count). The van der Waals surface area contributed by atoms with Gasteiger partial charge in [-0.3, -0.25) is 0 Å². The van der Waals surface area contributed by atoms with Gasteiger partial charge in [0.2, 0.25) is 0 Å². The predicted molar refractivity (Wildman–Crippen MR) is 85.4 cm³/mol. The number of carbonyl (C=O) groups is 1. The van der Waals surface area contributed by atoms with E-state index in [0.29, 0.717) is 11.3 Å². The van der Waals surface area contributed by atoms with Crippen molar-refractivity contribution in [1.29, 1.82) is 0 Å². The molecule has 3 aromatic rings. The molecule has 102 valence electrons. The van der Waals surface area contributed by atoms with Crippen molar-refractivity contribution in [3.63, 3.8) is 0 Å². The molecule has 0 N–H and O–H groups in total. The van der Waals surface area contributed by atoms with Crippen molar-refractivity contribution in [3.8, 4) is 5.75 Å². The van der Waals surface area contributed by atoms with E-state index in [1.807, 2.05) is 48.5 Å². The second-order valence-electron chi connectivity index (χ2n) is 4.69. The molecule has 0 aliphatic carbocycles. The zero-order chi connectivity index (χ0) is 14.7. The first-order valence-electron chi connectivity index (χ1n) is 6.70. The number of benzene rings is 3. The summed E-state index contributed by atoms with van der Waals surface area (Å²) < 4.78 is 5.43. The van der Waals surface area contributed by atoms with Gasteiger partial charge in [0, 0.05) is 0 Å². The standard InChI is InChI=1S/C19H14O2/c1-2-14-10-12-16(13-11-14)21-19(20)18-9-5-7-15-6-3-4-8-17(15)18/h2-13H,1H2. The highest BCUT2D eigenvalue weighted by Crippen LogP contribution is 2.21. The molecule has 2 nitrogen and oxygen atoms in total. The van der Waals surface area contributed by atoms with E-state index in [9.17, 15) is 4.79 Å². The van der Waals surface area contributed by atoms with E-state index in [0.717, 1.165) is 16.3 Å². The molecule has 0 unspecified atom stereocenters. The lowest BCUT2D eigenvalue weighted by atomic mass is 10.0. The second kappa shape index (κ2) is 5.63. The lowest BCUT2D eigenvalue weighted by Gasteiger charge is -2.07. The average Bonchev–Trinajstić information content (AvgIpc) is 2.55. The second-order valence-corrected chi connectivity index (χ2v) is 4.69. The van der Waals surface area contributed by atoms with Crippen LogP contribution in [0, 0.1) is 0 Å². The predicted octanol–water partition coefficient (Wildman–Crippen LogP) is 4.70. The number of ether oxygens (including phenoxy) is 1. The number of hydrogen-bond donors (Lipinski definition) is 0. The van der Waals surface area contributed by atoms with Crippen LogP contribution in [0.5, 0.6) is 5.75 Å². The molecule has 0 aliphatic heterocycles. The van der Waals surface area contributed by atoms with Crippen molar-refractivity contribution >= 4 is 22.8 Å². The van der Waals surface area contributed by atoms with Crippen LogP contribution in [0.1, 0.15) is 15.9 Å². The minimum Gasteiger partial charge on any atom is -0.423 e. The van der Waals surface area contributed by atoms with Crippen LogP contribution in [0.25, 0.3) is 16.8 Å². The zero-order valence-electron chi connectivity index (χ0n) is 11.5. The Bertz CT molecular complexity index is 796. The van der Waals surface area contributed by atoms with Crippen LogP contribution in [0.15, 0.2) is 73.3 Å². The summed E-state index contributed by atoms with van der Waals surface area (Å²) in [5, 5.41) is 1.92. The first-order chi connectivity index (χ1) is 10.3. The molecule has 0 bridgehead atoms. The van der Waals surface area contributed by atoms with Crippen LogP contribution in [-0.2, 0) is 0 Å². The summed E-state index contributed by atoms with van der Waals surface area (Å²) in [5.74, 6) is 0.177. The summed E-state index contributed by atoms with van der Waals surface area (Å²) >= 11 is 0. The molecule has 0 aliphatic rings. The van der Waals surface area contributed by atoms with E-state index in [-0.39, 0.29) is 5.97 Å². The molecule has 2 heteroatoms. The topological polar surface area (TPSA) is 26.3 Å². The van der Waals surface area contributed by atoms with E-state index < -0.39 is 0 Å². The summed E-state index contributed by atoms with van der Waals surface area (Å²) in [7, 11) is 0. The molecule has 0 fully saturated rings. The molecule has 0 saturated carbocycles. The van der Waals surface area contributed by atoms with Gasteiger partial charge in [-0.15, -0.1) is 0 Å². The third-order valence-electron chi connectivity index (χ3n) is 3.34. The highest BCUT2D eigenvalue weighted by atomic mass is 16.5. The van der Waals surface area contributed by atoms with Crippen molar-refractivity contribution in [2.24, 2.45) is 0 Å². The molecular weight excluding hydrogens is 260 g/mol. The van der Waals surface area contributed by atoms with Gasteiger partial charge in [-0.25, -0.2) is 4.79 Å². The Morgan fingerprint density at radius 2 is 1.62 bits per heavy atom. The zero-order valence-corrected chi connectivity index (χ0v) is 11.5. The maximum absolute atomic E-state index is 12.3. The van der Waals surface area contributed by atoms with E-state index in [1.165, 1.54) is 0 Å². The molecule has 3 aromatic carbocycles. The van der Waals surface area contributed by atoms with Gasteiger partial charge in [0.15, 0.2) is 0 Å². The number of rotatable bonds is 3. The van der Waals surface area contributed by atoms with Crippen molar-refractivity contribution in [2.45, 2.75) is 0 Å². The minimum atomic E-state index is -0.349. The summed E-state index contributed by atoms with van der Waals surface area (Å²) in [5.41, 5.74) is 1.56. The maximum atomic E-state index is 12.3. The molecule has 0 amide bonds. The van der Waals surface area contributed by atoms with Gasteiger partial charge in [0.05, 0.1) is 5.56 Å². The van der Waals surface area contributed by atoms with Gasteiger partial charge >= 0.3 is 5.97 Å². The maximum Gasteiger partial charge on any atom is 0.344 e. The fourth-order valence-electron chi connectivity index (χ4n) is 2.24. The summed E-state index contributed by atoms with van der Waals surface area (Å²) in [6.45, 7) is 3.70. The lowest BCUT2D eigenvalue weighted by Crippen LogP contribution is -2.08. The van der Waals surface area contributed by atoms with Crippen molar-refractivity contribution in [1.82, 2.24) is 0 Å². The molecule has 0 saturated heterocycles. The fraction of sp³-hybridized carbons (Fsp3) is 0. The van der Waals surface area contributed by atoms with Gasteiger partial charge in [0.25, 0.3) is 0 Å². The van der Waals surface area contributed by atoms with Gasteiger partial charge in [-0.1, -0.05) is 61.2 Å². The van der Waals surface area contributed by atoms with E-state index in [2.05, 4.69) is 6.58 Å². The van der Waals surface area contributed by atoms with Crippen LogP contribution in [0.4, 0.5) is 0 Å². The monoisotopic (exact) mass is 274 g/mol. The Balaban J connectivity index is 1.91. The summed E-state index contributed by atoms with van der Waals surface area (Å²) in [6.07, 6.45) is 1.75. The van der Waals surface area contributed by atoms with Crippen LogP contribution in [-0.4, -0.2) is 5.97 Å². The van der Waals surface area contributed by atoms with Gasteiger partial charge in [0.1, 0.15) is 5.75 Å². The molecular formula is C19H14O2. The molecule has 0 spiro atoms. The van der Waals surface area contributed by atoms with Crippen molar-refractivity contribution < 1.29 is 9.53 Å². The van der Waals surface area contributed by atoms with Gasteiger partial charge in [-0.05, 0) is 34.5 Å². The van der Waals surface area contributed by atoms with Gasteiger partial charge in [-0.2, -0.15) is 0 Å². The van der Waals surface area contributed by atoms with Gasteiger partial charge < -0.3 is 4.74 Å². The third-order valence-corrected chi connectivity index (χ3v) is 3.34. The SMILES string of the molecule is C=Cc1ccc(OC(=O)c2cccc3ccccc23)cc1. The average molecular weight is 274 g/mol.